The number of amides is 4. The van der Waals surface area contributed by atoms with Crippen molar-refractivity contribution in [3.05, 3.63) is 131 Å². The number of carbonyl (C=O) groups is 4. The van der Waals surface area contributed by atoms with E-state index in [4.69, 9.17) is 0 Å². The predicted molar refractivity (Wildman–Crippen MR) is 159 cm³/mol. The van der Waals surface area contributed by atoms with Crippen molar-refractivity contribution in [2.45, 2.75) is 31.1 Å². The Morgan fingerprint density at radius 1 is 0.435 bits per heavy atom. The van der Waals surface area contributed by atoms with E-state index in [1.54, 1.807) is 34.3 Å². The fourth-order valence-electron chi connectivity index (χ4n) is 7.61. The van der Waals surface area contributed by atoms with Gasteiger partial charge >= 0.3 is 0 Å². The van der Waals surface area contributed by atoms with Gasteiger partial charge in [0, 0.05) is 0 Å². The topological polar surface area (TPSA) is 81.2 Å². The van der Waals surface area contributed by atoms with Crippen LogP contribution in [0.3, 0.4) is 0 Å². The Kier molecular flexibility index (Phi) is 6.28. The summed E-state index contributed by atoms with van der Waals surface area (Å²) < 4.78 is 42.1. The predicted octanol–water partition coefficient (Wildman–Crippen LogP) is 4.86. The fourth-order valence-corrected chi connectivity index (χ4v) is 7.61. The van der Waals surface area contributed by atoms with Gasteiger partial charge in [0.2, 0.25) is 11.8 Å². The molecule has 0 saturated carbocycles. The van der Waals surface area contributed by atoms with Crippen LogP contribution in [0.1, 0.15) is 28.8 Å². The van der Waals surface area contributed by atoms with Crippen molar-refractivity contribution in [1.82, 2.24) is 10.0 Å². The summed E-state index contributed by atoms with van der Waals surface area (Å²) in [4.78, 5) is 59.5. The molecular formula is C35H25F3N4O4. The molecule has 4 aromatic carbocycles. The molecule has 0 aliphatic carbocycles. The standard InChI is InChI=1S/C35H25F3N4O4/c1-18-2-14-24(15-3-18)39-32(43)26-28(19-4-8-21(36)9-5-19)42-31-27(33(44)40(35(31)46)25-16-12-23(38)13-17-25)29(41(42)30(26)34(39)45)20-6-10-22(37)11-7-20/h2-17,26-31H,1H3. The zero-order valence-corrected chi connectivity index (χ0v) is 24.3. The van der Waals surface area contributed by atoms with Crippen molar-refractivity contribution in [2.24, 2.45) is 11.8 Å². The molecular weight excluding hydrogens is 597 g/mol. The van der Waals surface area contributed by atoms with Crippen LogP contribution in [0.2, 0.25) is 0 Å². The fraction of sp³-hybridized carbons (Fsp3) is 0.200. The highest BCUT2D eigenvalue weighted by Gasteiger charge is 2.73. The molecule has 4 aliphatic rings. The first kappa shape index (κ1) is 28.4. The lowest BCUT2D eigenvalue weighted by Gasteiger charge is -2.35. The van der Waals surface area contributed by atoms with Crippen molar-refractivity contribution in [3.63, 3.8) is 0 Å². The van der Waals surface area contributed by atoms with Crippen molar-refractivity contribution in [1.29, 1.82) is 0 Å². The molecule has 6 atom stereocenters. The molecule has 8 rings (SSSR count). The monoisotopic (exact) mass is 622 g/mol. The smallest absolute Gasteiger partial charge is 0.253 e. The molecule has 4 amide bonds. The summed E-state index contributed by atoms with van der Waals surface area (Å²) in [6.45, 7) is 1.88. The average molecular weight is 623 g/mol. The van der Waals surface area contributed by atoms with Gasteiger partial charge in [0.05, 0.1) is 35.3 Å². The molecule has 0 N–H and O–H groups in total. The highest BCUT2D eigenvalue weighted by atomic mass is 19.1. The largest absolute Gasteiger partial charge is 0.274 e. The second-order valence-electron chi connectivity index (χ2n) is 12.0. The first-order chi connectivity index (χ1) is 22.2. The van der Waals surface area contributed by atoms with Crippen LogP contribution in [0.5, 0.6) is 0 Å². The number of imide groups is 2. The van der Waals surface area contributed by atoms with Crippen molar-refractivity contribution in [2.75, 3.05) is 9.80 Å². The molecule has 4 saturated heterocycles. The third kappa shape index (κ3) is 3.95. The number of hydrazine groups is 1. The minimum atomic E-state index is -1.17. The second-order valence-corrected chi connectivity index (χ2v) is 12.0. The van der Waals surface area contributed by atoms with Crippen molar-refractivity contribution >= 4 is 35.0 Å². The summed E-state index contributed by atoms with van der Waals surface area (Å²) in [7, 11) is 0. The Morgan fingerprint density at radius 2 is 0.761 bits per heavy atom. The number of rotatable bonds is 4. The van der Waals surface area contributed by atoms with E-state index in [-0.39, 0.29) is 5.69 Å². The lowest BCUT2D eigenvalue weighted by atomic mass is 9.84. The number of fused-ring (bicyclic) bond motifs is 5. The van der Waals surface area contributed by atoms with Gasteiger partial charge < -0.3 is 0 Å². The maximum Gasteiger partial charge on any atom is 0.253 e. The summed E-state index contributed by atoms with van der Waals surface area (Å²) >= 11 is 0. The number of aryl methyl sites for hydroxylation is 1. The zero-order chi connectivity index (χ0) is 32.0. The van der Waals surface area contributed by atoms with Crippen molar-refractivity contribution in [3.8, 4) is 0 Å². The van der Waals surface area contributed by atoms with Crippen LogP contribution in [-0.2, 0) is 19.2 Å². The van der Waals surface area contributed by atoms with Gasteiger partial charge in [-0.1, -0.05) is 42.0 Å². The van der Waals surface area contributed by atoms with Gasteiger partial charge in [-0.15, -0.1) is 0 Å². The lowest BCUT2D eigenvalue weighted by Crippen LogP contribution is -2.50. The van der Waals surface area contributed by atoms with E-state index >= 15 is 0 Å². The minimum Gasteiger partial charge on any atom is -0.274 e. The molecule has 0 bridgehead atoms. The number of halogens is 3. The van der Waals surface area contributed by atoms with Crippen LogP contribution in [0.4, 0.5) is 24.5 Å². The minimum absolute atomic E-state index is 0.172. The first-order valence-corrected chi connectivity index (χ1v) is 14.8. The first-order valence-electron chi connectivity index (χ1n) is 14.8. The molecule has 4 aliphatic heterocycles. The Balaban J connectivity index is 1.32. The third-order valence-corrected chi connectivity index (χ3v) is 9.53. The Hall–Kier alpha value is -5.13. The van der Waals surface area contributed by atoms with Crippen LogP contribution in [0.15, 0.2) is 97.1 Å². The van der Waals surface area contributed by atoms with Gasteiger partial charge in [-0.2, -0.15) is 0 Å². The quantitative estimate of drug-likeness (QED) is 0.303. The number of hydrogen-bond donors (Lipinski definition) is 0. The third-order valence-electron chi connectivity index (χ3n) is 9.53. The Labute approximate surface area is 261 Å². The van der Waals surface area contributed by atoms with Crippen LogP contribution < -0.4 is 9.80 Å². The molecule has 4 fully saturated rings. The maximum absolute atomic E-state index is 14.4. The van der Waals surface area contributed by atoms with Crippen LogP contribution in [-0.4, -0.2) is 45.7 Å². The van der Waals surface area contributed by atoms with Gasteiger partial charge in [0.15, 0.2) is 0 Å². The van der Waals surface area contributed by atoms with Gasteiger partial charge in [0.1, 0.15) is 29.5 Å². The number of benzene rings is 4. The molecule has 0 radical (unpaired) electrons. The molecule has 0 aromatic heterocycles. The molecule has 46 heavy (non-hydrogen) atoms. The molecule has 4 heterocycles. The lowest BCUT2D eigenvalue weighted by molar-refractivity contribution is -0.136. The highest BCUT2D eigenvalue weighted by Crippen LogP contribution is 2.59. The second kappa shape index (κ2) is 10.2. The molecule has 4 aromatic rings. The summed E-state index contributed by atoms with van der Waals surface area (Å²) in [5.41, 5.74) is 2.43. The molecule has 0 spiro atoms. The molecule has 230 valence electrons. The van der Waals surface area contributed by atoms with E-state index in [1.165, 1.54) is 60.7 Å². The van der Waals surface area contributed by atoms with Crippen LogP contribution >= 0.6 is 0 Å². The summed E-state index contributed by atoms with van der Waals surface area (Å²) in [5, 5.41) is 3.28. The van der Waals surface area contributed by atoms with Crippen LogP contribution in [0, 0.1) is 36.2 Å². The zero-order valence-electron chi connectivity index (χ0n) is 24.3. The number of carbonyl (C=O) groups excluding carboxylic acids is 4. The molecule has 8 nitrogen and oxygen atoms in total. The Morgan fingerprint density at radius 3 is 1.13 bits per heavy atom. The van der Waals surface area contributed by atoms with Gasteiger partial charge in [-0.3, -0.25) is 19.2 Å². The maximum atomic E-state index is 14.4. The summed E-state index contributed by atoms with van der Waals surface area (Å²) in [5.74, 6) is -5.88. The molecule has 11 heteroatoms. The van der Waals surface area contributed by atoms with Gasteiger partial charge in [-0.25, -0.2) is 33.0 Å². The van der Waals surface area contributed by atoms with E-state index in [1.807, 2.05) is 6.92 Å². The van der Waals surface area contributed by atoms with Crippen LogP contribution in [0.25, 0.3) is 0 Å². The summed E-state index contributed by atoms with van der Waals surface area (Å²) in [6, 6.07) is 18.7. The SMILES string of the molecule is Cc1ccc(N2C(=O)C3C(C2=O)N2C(c4ccc(F)cc4)C4C(=O)N(c5ccc(F)cc5)C(=O)C4N2C3c2ccc(F)cc2)cc1. The number of hydrogen-bond acceptors (Lipinski definition) is 6. The van der Waals surface area contributed by atoms with E-state index in [0.717, 1.165) is 27.5 Å². The normalized spacial score (nSPS) is 27.5. The highest BCUT2D eigenvalue weighted by molar-refractivity contribution is 6.26. The van der Waals surface area contributed by atoms with E-state index in [9.17, 15) is 32.3 Å². The van der Waals surface area contributed by atoms with Crippen molar-refractivity contribution < 1.29 is 32.3 Å². The number of anilines is 2. The van der Waals surface area contributed by atoms with E-state index in [0.29, 0.717) is 16.8 Å². The summed E-state index contributed by atoms with van der Waals surface area (Å²) in [6.07, 6.45) is 0. The van der Waals surface area contributed by atoms with E-state index < -0.39 is 77.1 Å². The molecule has 6 unspecified atom stereocenters. The number of nitrogens with zero attached hydrogens (tertiary/aromatic N) is 4. The van der Waals surface area contributed by atoms with Gasteiger partial charge in [0.25, 0.3) is 11.8 Å². The average Bonchev–Trinajstić information content (AvgIpc) is 3.71. The van der Waals surface area contributed by atoms with E-state index in [2.05, 4.69) is 0 Å². The Bertz CT molecular complexity index is 1780. The van der Waals surface area contributed by atoms with Gasteiger partial charge in [-0.05, 0) is 78.7 Å².